The number of carbonyl (C=O) groups is 1. The van der Waals surface area contributed by atoms with Gasteiger partial charge in [0.2, 0.25) is 0 Å². The van der Waals surface area contributed by atoms with Crippen LogP contribution in [0.2, 0.25) is 0 Å². The van der Waals surface area contributed by atoms with Gasteiger partial charge in [0.25, 0.3) is 0 Å². The van der Waals surface area contributed by atoms with E-state index in [0.717, 1.165) is 6.42 Å². The number of fused-ring (bicyclic) bond motifs is 2. The van der Waals surface area contributed by atoms with Gasteiger partial charge in [-0.3, -0.25) is 0 Å². The number of benzene rings is 1. The highest BCUT2D eigenvalue weighted by atomic mass is 16.6. The summed E-state index contributed by atoms with van der Waals surface area (Å²) in [4.78, 5) is 11.2. The van der Waals surface area contributed by atoms with E-state index < -0.39 is 17.3 Å². The fourth-order valence-corrected chi connectivity index (χ4v) is 3.87. The Morgan fingerprint density at radius 3 is 2.74 bits per heavy atom. The largest absolute Gasteiger partial charge is 0.443 e. The molecule has 1 aromatic carbocycles. The molecule has 2 bridgehead atoms. The summed E-state index contributed by atoms with van der Waals surface area (Å²) < 4.78 is 5.42. The molecule has 3 N–H and O–H groups in total. The van der Waals surface area contributed by atoms with Gasteiger partial charge in [-0.1, -0.05) is 30.3 Å². The summed E-state index contributed by atoms with van der Waals surface area (Å²) in [5, 5.41) is 10.4. The fourth-order valence-electron chi connectivity index (χ4n) is 3.87. The molecule has 1 amide bonds. The molecule has 0 spiro atoms. The average molecular weight is 261 g/mol. The highest BCUT2D eigenvalue weighted by molar-refractivity contribution is 5.65. The molecule has 4 nitrogen and oxygen atoms in total. The second-order valence-corrected chi connectivity index (χ2v) is 5.98. The van der Waals surface area contributed by atoms with Crippen LogP contribution in [0.3, 0.4) is 0 Å². The van der Waals surface area contributed by atoms with Gasteiger partial charge in [-0.05, 0) is 31.2 Å². The first-order valence-electron chi connectivity index (χ1n) is 6.76. The lowest BCUT2D eigenvalue weighted by atomic mass is 9.80. The van der Waals surface area contributed by atoms with Crippen LogP contribution < -0.4 is 5.73 Å². The van der Waals surface area contributed by atoms with Crippen molar-refractivity contribution in [1.29, 1.82) is 0 Å². The van der Waals surface area contributed by atoms with Crippen molar-refractivity contribution in [2.45, 2.75) is 43.3 Å². The van der Waals surface area contributed by atoms with E-state index in [1.807, 2.05) is 18.2 Å². The van der Waals surface area contributed by atoms with E-state index >= 15 is 0 Å². The standard InChI is InChI=1S/C15H19NO3/c16-13(17)19-15-7-6-14(18,10-15)9-12(15)8-11-4-2-1-3-5-11/h1-5,12,18H,6-10H2,(H2,16,17). The van der Waals surface area contributed by atoms with Crippen molar-refractivity contribution < 1.29 is 14.6 Å². The smallest absolute Gasteiger partial charge is 0.405 e. The van der Waals surface area contributed by atoms with Crippen LogP contribution in [0.5, 0.6) is 0 Å². The molecule has 2 saturated carbocycles. The fraction of sp³-hybridized carbons (Fsp3) is 0.533. The first-order valence-corrected chi connectivity index (χ1v) is 6.76. The van der Waals surface area contributed by atoms with Crippen molar-refractivity contribution in [1.82, 2.24) is 0 Å². The molecule has 2 aliphatic carbocycles. The average Bonchev–Trinajstić information content (AvgIpc) is 2.80. The zero-order valence-corrected chi connectivity index (χ0v) is 10.8. The van der Waals surface area contributed by atoms with Crippen molar-refractivity contribution in [2.75, 3.05) is 0 Å². The molecule has 0 aliphatic heterocycles. The molecule has 0 radical (unpaired) electrons. The maximum absolute atomic E-state index is 11.2. The van der Waals surface area contributed by atoms with Gasteiger partial charge in [0.05, 0.1) is 5.60 Å². The number of carbonyl (C=O) groups excluding carboxylic acids is 1. The predicted molar refractivity (Wildman–Crippen MR) is 70.5 cm³/mol. The van der Waals surface area contributed by atoms with E-state index in [2.05, 4.69) is 12.1 Å². The number of aliphatic hydroxyl groups is 1. The monoisotopic (exact) mass is 261 g/mol. The van der Waals surface area contributed by atoms with Gasteiger partial charge in [-0.25, -0.2) is 4.79 Å². The van der Waals surface area contributed by atoms with Gasteiger partial charge in [0, 0.05) is 12.3 Å². The summed E-state index contributed by atoms with van der Waals surface area (Å²) in [6, 6.07) is 10.1. The van der Waals surface area contributed by atoms with Gasteiger partial charge in [0.1, 0.15) is 5.60 Å². The molecule has 19 heavy (non-hydrogen) atoms. The number of nitrogens with two attached hydrogens (primary N) is 1. The van der Waals surface area contributed by atoms with E-state index in [9.17, 15) is 9.90 Å². The lowest BCUT2D eigenvalue weighted by molar-refractivity contribution is -0.0154. The van der Waals surface area contributed by atoms with Crippen molar-refractivity contribution in [3.63, 3.8) is 0 Å². The highest BCUT2D eigenvalue weighted by Crippen LogP contribution is 2.56. The van der Waals surface area contributed by atoms with E-state index in [-0.39, 0.29) is 5.92 Å². The van der Waals surface area contributed by atoms with Gasteiger partial charge in [0.15, 0.2) is 0 Å². The van der Waals surface area contributed by atoms with E-state index in [4.69, 9.17) is 10.5 Å². The Morgan fingerprint density at radius 1 is 1.37 bits per heavy atom. The molecule has 102 valence electrons. The Bertz CT molecular complexity index is 489. The second-order valence-electron chi connectivity index (χ2n) is 5.98. The van der Waals surface area contributed by atoms with Crippen molar-refractivity contribution >= 4 is 6.09 Å². The predicted octanol–water partition coefficient (Wildman–Crippen LogP) is 2.00. The zero-order valence-electron chi connectivity index (χ0n) is 10.8. The molecule has 3 atom stereocenters. The lowest BCUT2D eigenvalue weighted by Gasteiger charge is -2.34. The first kappa shape index (κ1) is 12.5. The molecule has 1 aromatic rings. The number of amides is 1. The van der Waals surface area contributed by atoms with Crippen LogP contribution in [-0.2, 0) is 11.2 Å². The Kier molecular flexibility index (Phi) is 2.78. The Morgan fingerprint density at radius 2 is 2.11 bits per heavy atom. The number of hydrogen-bond acceptors (Lipinski definition) is 3. The molecule has 0 saturated heterocycles. The van der Waals surface area contributed by atoms with Crippen LogP contribution in [0.4, 0.5) is 4.79 Å². The minimum Gasteiger partial charge on any atom is -0.443 e. The van der Waals surface area contributed by atoms with Crippen LogP contribution in [-0.4, -0.2) is 22.4 Å². The maximum atomic E-state index is 11.2. The Labute approximate surface area is 112 Å². The van der Waals surface area contributed by atoms with E-state index in [1.54, 1.807) is 0 Å². The highest BCUT2D eigenvalue weighted by Gasteiger charge is 2.61. The van der Waals surface area contributed by atoms with Crippen LogP contribution >= 0.6 is 0 Å². The van der Waals surface area contributed by atoms with Crippen LogP contribution in [0.15, 0.2) is 30.3 Å². The third-order valence-electron chi connectivity index (χ3n) is 4.64. The summed E-state index contributed by atoms with van der Waals surface area (Å²) in [7, 11) is 0. The number of hydrogen-bond donors (Lipinski definition) is 2. The van der Waals surface area contributed by atoms with Gasteiger partial charge >= 0.3 is 6.09 Å². The van der Waals surface area contributed by atoms with E-state index in [1.165, 1.54) is 5.56 Å². The number of rotatable bonds is 3. The molecule has 2 fully saturated rings. The number of primary amides is 1. The van der Waals surface area contributed by atoms with Gasteiger partial charge < -0.3 is 15.6 Å². The quantitative estimate of drug-likeness (QED) is 0.874. The van der Waals surface area contributed by atoms with Gasteiger partial charge in [-0.15, -0.1) is 0 Å². The topological polar surface area (TPSA) is 72.6 Å². The van der Waals surface area contributed by atoms with Crippen LogP contribution in [0, 0.1) is 5.92 Å². The van der Waals surface area contributed by atoms with Crippen molar-refractivity contribution in [3.05, 3.63) is 35.9 Å². The molecule has 0 aromatic heterocycles. The van der Waals surface area contributed by atoms with Crippen molar-refractivity contribution in [3.8, 4) is 0 Å². The molecule has 2 aliphatic rings. The summed E-state index contributed by atoms with van der Waals surface area (Å²) in [5.74, 6) is 0.154. The lowest BCUT2D eigenvalue weighted by Crippen LogP contribution is -2.40. The molecule has 4 heteroatoms. The first-order chi connectivity index (χ1) is 9.01. The van der Waals surface area contributed by atoms with Crippen LogP contribution in [0.25, 0.3) is 0 Å². The van der Waals surface area contributed by atoms with Crippen LogP contribution in [0.1, 0.15) is 31.2 Å². The van der Waals surface area contributed by atoms with Crippen molar-refractivity contribution in [2.24, 2.45) is 11.7 Å². The summed E-state index contributed by atoms with van der Waals surface area (Å²) in [6.45, 7) is 0. The molecule has 3 rings (SSSR count). The minimum absolute atomic E-state index is 0.154. The van der Waals surface area contributed by atoms with E-state index in [0.29, 0.717) is 25.7 Å². The zero-order chi connectivity index (χ0) is 13.5. The summed E-state index contributed by atoms with van der Waals surface area (Å²) >= 11 is 0. The minimum atomic E-state index is -0.732. The summed E-state index contributed by atoms with van der Waals surface area (Å²) in [6.07, 6.45) is 2.71. The molecular formula is C15H19NO3. The summed E-state index contributed by atoms with van der Waals surface area (Å²) in [5.41, 5.74) is 5.18. The number of ether oxygens (including phenoxy) is 1. The third kappa shape index (κ3) is 2.21. The SMILES string of the molecule is NC(=O)OC12CCC(O)(CC1Cc1ccccc1)C2. The van der Waals surface area contributed by atoms with Gasteiger partial charge in [-0.2, -0.15) is 0 Å². The normalized spacial score (nSPS) is 36.4. The molecule has 3 unspecified atom stereocenters. The Balaban J connectivity index is 1.82. The third-order valence-corrected chi connectivity index (χ3v) is 4.64. The maximum Gasteiger partial charge on any atom is 0.405 e. The Hall–Kier alpha value is -1.55. The second kappa shape index (κ2) is 4.23. The molecular weight excluding hydrogens is 242 g/mol. The molecule has 0 heterocycles.